The van der Waals surface area contributed by atoms with E-state index in [1.807, 2.05) is 4.90 Å². The summed E-state index contributed by atoms with van der Waals surface area (Å²) in [5, 5.41) is 3.30. The zero-order valence-electron chi connectivity index (χ0n) is 9.40. The second kappa shape index (κ2) is 4.18. The number of halogens is 1. The molecule has 90 valence electrons. The molecular weight excluding hydrogens is 238 g/mol. The number of fused-ring (bicyclic) bond motifs is 1. The summed E-state index contributed by atoms with van der Waals surface area (Å²) >= 11 is 5.69. The van der Waals surface area contributed by atoms with Crippen LogP contribution in [0.15, 0.2) is 18.3 Å². The van der Waals surface area contributed by atoms with E-state index in [1.54, 1.807) is 18.3 Å². The molecule has 1 aliphatic carbocycles. The molecule has 1 aromatic heterocycles. The van der Waals surface area contributed by atoms with E-state index in [9.17, 15) is 4.79 Å². The first-order chi connectivity index (χ1) is 8.24. The molecule has 2 unspecified atom stereocenters. The molecule has 1 aliphatic heterocycles. The highest BCUT2D eigenvalue weighted by Gasteiger charge is 2.45. The number of amides is 2. The second-order valence-corrected chi connectivity index (χ2v) is 5.09. The molecule has 2 heterocycles. The molecule has 1 saturated carbocycles. The van der Waals surface area contributed by atoms with E-state index >= 15 is 0 Å². The van der Waals surface area contributed by atoms with E-state index in [2.05, 4.69) is 10.3 Å². The number of aromatic nitrogens is 1. The number of hydrogen-bond donors (Lipinski definition) is 1. The van der Waals surface area contributed by atoms with Crippen LogP contribution in [0.3, 0.4) is 0 Å². The molecule has 0 aromatic carbocycles. The number of rotatable bonds is 1. The Morgan fingerprint density at radius 1 is 1.53 bits per heavy atom. The van der Waals surface area contributed by atoms with Crippen LogP contribution in [0, 0.1) is 5.92 Å². The van der Waals surface area contributed by atoms with Gasteiger partial charge in [-0.3, -0.25) is 0 Å². The summed E-state index contributed by atoms with van der Waals surface area (Å²) in [6, 6.07) is 3.90. The fourth-order valence-electron chi connectivity index (χ4n) is 2.51. The zero-order chi connectivity index (χ0) is 11.8. The van der Waals surface area contributed by atoms with Gasteiger partial charge in [-0.1, -0.05) is 11.6 Å². The molecule has 5 heteroatoms. The third-order valence-electron chi connectivity index (χ3n) is 3.50. The quantitative estimate of drug-likeness (QED) is 0.780. The van der Waals surface area contributed by atoms with Gasteiger partial charge in [0.1, 0.15) is 5.15 Å². The first-order valence-electron chi connectivity index (χ1n) is 5.93. The van der Waals surface area contributed by atoms with Gasteiger partial charge in [0.2, 0.25) is 0 Å². The predicted molar refractivity (Wildman–Crippen MR) is 66.1 cm³/mol. The van der Waals surface area contributed by atoms with Gasteiger partial charge in [0.25, 0.3) is 0 Å². The maximum absolute atomic E-state index is 12.0. The Kier molecular flexibility index (Phi) is 2.67. The van der Waals surface area contributed by atoms with Crippen LogP contribution in [0.1, 0.15) is 19.3 Å². The molecule has 2 amide bonds. The normalized spacial score (nSPS) is 26.3. The highest BCUT2D eigenvalue weighted by Crippen LogP contribution is 2.43. The molecular formula is C12H14ClN3O. The lowest BCUT2D eigenvalue weighted by molar-refractivity contribution is 0.195. The number of nitrogens with one attached hydrogen (secondary N) is 1. The molecule has 0 radical (unpaired) electrons. The predicted octanol–water partition coefficient (Wildman–Crippen LogP) is 2.75. The third kappa shape index (κ3) is 2.22. The number of carbonyl (C=O) groups excluding carboxylic acids is 1. The molecule has 2 fully saturated rings. The van der Waals surface area contributed by atoms with Crippen LogP contribution in [0.4, 0.5) is 10.5 Å². The van der Waals surface area contributed by atoms with Gasteiger partial charge in [-0.2, -0.15) is 0 Å². The van der Waals surface area contributed by atoms with Crippen LogP contribution in [0.25, 0.3) is 0 Å². The Morgan fingerprint density at radius 2 is 2.41 bits per heavy atom. The standard InChI is InChI=1S/C12H14ClN3O/c13-11-4-3-9(7-14-11)15-12(17)16-5-1-2-8-6-10(8)16/h3-4,7-8,10H,1-2,5-6H2,(H,15,17). The number of anilines is 1. The third-order valence-corrected chi connectivity index (χ3v) is 3.72. The van der Waals surface area contributed by atoms with Crippen LogP contribution < -0.4 is 5.32 Å². The number of likely N-dealkylation sites (tertiary alicyclic amines) is 1. The van der Waals surface area contributed by atoms with Crippen LogP contribution in [-0.4, -0.2) is 28.5 Å². The van der Waals surface area contributed by atoms with Crippen molar-refractivity contribution >= 4 is 23.3 Å². The molecule has 3 rings (SSSR count). The van der Waals surface area contributed by atoms with E-state index in [4.69, 9.17) is 11.6 Å². The fourth-order valence-corrected chi connectivity index (χ4v) is 2.62. The number of piperidine rings is 1. The van der Waals surface area contributed by atoms with Gasteiger partial charge in [0, 0.05) is 12.6 Å². The molecule has 4 nitrogen and oxygen atoms in total. The molecule has 1 N–H and O–H groups in total. The van der Waals surface area contributed by atoms with Crippen molar-refractivity contribution in [2.75, 3.05) is 11.9 Å². The zero-order valence-corrected chi connectivity index (χ0v) is 10.2. The summed E-state index contributed by atoms with van der Waals surface area (Å²) in [6.07, 6.45) is 5.14. The Hall–Kier alpha value is -1.29. The van der Waals surface area contributed by atoms with Crippen LogP contribution in [0.5, 0.6) is 0 Å². The van der Waals surface area contributed by atoms with E-state index < -0.39 is 0 Å². The van der Waals surface area contributed by atoms with E-state index in [0.29, 0.717) is 16.9 Å². The van der Waals surface area contributed by atoms with Gasteiger partial charge >= 0.3 is 6.03 Å². The second-order valence-electron chi connectivity index (χ2n) is 4.70. The van der Waals surface area contributed by atoms with Crippen molar-refractivity contribution in [2.24, 2.45) is 5.92 Å². The van der Waals surface area contributed by atoms with Gasteiger partial charge < -0.3 is 10.2 Å². The summed E-state index contributed by atoms with van der Waals surface area (Å²) in [4.78, 5) is 17.9. The van der Waals surface area contributed by atoms with Gasteiger partial charge in [-0.15, -0.1) is 0 Å². The lowest BCUT2D eigenvalue weighted by Crippen LogP contribution is -2.40. The van der Waals surface area contributed by atoms with Crippen molar-refractivity contribution in [1.82, 2.24) is 9.88 Å². The summed E-state index contributed by atoms with van der Waals surface area (Å²) in [7, 11) is 0. The number of carbonyl (C=O) groups is 1. The van der Waals surface area contributed by atoms with Gasteiger partial charge in [-0.25, -0.2) is 9.78 Å². The van der Waals surface area contributed by atoms with Crippen LogP contribution in [-0.2, 0) is 0 Å². The van der Waals surface area contributed by atoms with Gasteiger partial charge in [-0.05, 0) is 37.3 Å². The monoisotopic (exact) mass is 251 g/mol. The molecule has 0 bridgehead atoms. The molecule has 0 spiro atoms. The summed E-state index contributed by atoms with van der Waals surface area (Å²) in [5.41, 5.74) is 0.696. The van der Waals surface area contributed by atoms with Crippen molar-refractivity contribution < 1.29 is 4.79 Å². The summed E-state index contributed by atoms with van der Waals surface area (Å²) in [6.45, 7) is 0.869. The van der Waals surface area contributed by atoms with Crippen molar-refractivity contribution in [2.45, 2.75) is 25.3 Å². The van der Waals surface area contributed by atoms with E-state index in [0.717, 1.165) is 18.9 Å². The maximum atomic E-state index is 12.0. The fraction of sp³-hybridized carbons (Fsp3) is 0.500. The first kappa shape index (κ1) is 10.8. The lowest BCUT2D eigenvalue weighted by atomic mass is 10.1. The minimum absolute atomic E-state index is 0.0127. The highest BCUT2D eigenvalue weighted by molar-refractivity contribution is 6.29. The van der Waals surface area contributed by atoms with Crippen molar-refractivity contribution in [3.05, 3.63) is 23.5 Å². The van der Waals surface area contributed by atoms with Crippen molar-refractivity contribution in [3.8, 4) is 0 Å². The number of pyridine rings is 1. The number of nitrogens with zero attached hydrogens (tertiary/aromatic N) is 2. The molecule has 17 heavy (non-hydrogen) atoms. The Balaban J connectivity index is 1.65. The van der Waals surface area contributed by atoms with Crippen molar-refractivity contribution in [1.29, 1.82) is 0 Å². The van der Waals surface area contributed by atoms with Gasteiger partial charge in [0.15, 0.2) is 0 Å². The minimum Gasteiger partial charge on any atom is -0.321 e. The summed E-state index contributed by atoms with van der Waals surface area (Å²) < 4.78 is 0. The Labute approximate surface area is 105 Å². The summed E-state index contributed by atoms with van der Waals surface area (Å²) in [5.74, 6) is 0.748. The topological polar surface area (TPSA) is 45.2 Å². The lowest BCUT2D eigenvalue weighted by Gasteiger charge is -2.26. The smallest absolute Gasteiger partial charge is 0.321 e. The SMILES string of the molecule is O=C(Nc1ccc(Cl)nc1)N1CCCC2CC21. The van der Waals surface area contributed by atoms with E-state index in [1.165, 1.54) is 12.8 Å². The molecule has 1 aromatic rings. The molecule has 2 atom stereocenters. The Morgan fingerprint density at radius 3 is 3.18 bits per heavy atom. The average molecular weight is 252 g/mol. The maximum Gasteiger partial charge on any atom is 0.322 e. The number of hydrogen-bond acceptors (Lipinski definition) is 2. The Bertz CT molecular complexity index is 434. The van der Waals surface area contributed by atoms with Crippen molar-refractivity contribution in [3.63, 3.8) is 0 Å². The van der Waals surface area contributed by atoms with Gasteiger partial charge in [0.05, 0.1) is 11.9 Å². The largest absolute Gasteiger partial charge is 0.322 e. The highest BCUT2D eigenvalue weighted by atomic mass is 35.5. The molecule has 1 saturated heterocycles. The van der Waals surface area contributed by atoms with E-state index in [-0.39, 0.29) is 6.03 Å². The average Bonchev–Trinajstić information content (AvgIpc) is 3.10. The minimum atomic E-state index is -0.0127. The van der Waals surface area contributed by atoms with Crippen LogP contribution >= 0.6 is 11.6 Å². The molecule has 2 aliphatic rings. The first-order valence-corrected chi connectivity index (χ1v) is 6.31. The van der Waals surface area contributed by atoms with Crippen LogP contribution in [0.2, 0.25) is 5.15 Å². The number of urea groups is 1.